The molecular weight excluding hydrogens is 660 g/mol. The Hall–Kier alpha value is -2.18. The van der Waals surface area contributed by atoms with Gasteiger partial charge in [0, 0.05) is 21.9 Å². The molecular formula is C43H64BCl2NO3. The number of rotatable bonds is 25. The maximum Gasteiger partial charge on any atom is 0.789 e. The molecule has 3 aromatic rings. The third kappa shape index (κ3) is 14.1. The Morgan fingerprint density at radius 3 is 1.54 bits per heavy atom. The van der Waals surface area contributed by atoms with Gasteiger partial charge >= 0.3 is 7.32 Å². The lowest BCUT2D eigenvalue weighted by atomic mass is 9.67. The molecule has 0 aliphatic heterocycles. The zero-order chi connectivity index (χ0) is 36.4. The highest BCUT2D eigenvalue weighted by Gasteiger charge is 2.50. The molecule has 2 unspecified atom stereocenters. The summed E-state index contributed by atoms with van der Waals surface area (Å²) in [7, 11) is -1.16. The lowest BCUT2D eigenvalue weighted by molar-refractivity contribution is -0.0907. The first-order chi connectivity index (χ1) is 23.9. The molecule has 0 spiro atoms. The minimum absolute atomic E-state index is 0.275. The molecule has 0 aromatic heterocycles. The first-order valence-corrected chi connectivity index (χ1v) is 20.1. The molecule has 276 valence electrons. The van der Waals surface area contributed by atoms with Crippen molar-refractivity contribution in [2.75, 3.05) is 0 Å². The summed E-state index contributed by atoms with van der Waals surface area (Å²) < 4.78 is 19.6. The van der Waals surface area contributed by atoms with Gasteiger partial charge in [0.05, 0.1) is 0 Å². The topological polar surface area (TPSA) is 53.7 Å². The Labute approximate surface area is 315 Å². The first kappa shape index (κ1) is 42.2. The minimum Gasteiger partial charge on any atom is -0.501 e. The highest BCUT2D eigenvalue weighted by molar-refractivity contribution is 6.39. The van der Waals surface area contributed by atoms with Gasteiger partial charge in [0.1, 0.15) is 17.2 Å². The van der Waals surface area contributed by atoms with Gasteiger partial charge < -0.3 is 19.7 Å². The molecule has 7 heteroatoms. The van der Waals surface area contributed by atoms with E-state index in [0.29, 0.717) is 28.0 Å². The van der Waals surface area contributed by atoms with Gasteiger partial charge in [-0.3, -0.25) is 0 Å². The lowest BCUT2D eigenvalue weighted by Gasteiger charge is -2.48. The number of hydrogen-bond donors (Lipinski definition) is 1. The lowest BCUT2D eigenvalue weighted by Crippen LogP contribution is -2.62. The molecule has 2 atom stereocenters. The van der Waals surface area contributed by atoms with Crippen molar-refractivity contribution in [1.29, 1.82) is 0 Å². The Balaban J connectivity index is 1.65. The number of unbranched alkanes of at least 4 members (excludes halogenated alkanes) is 13. The van der Waals surface area contributed by atoms with Gasteiger partial charge in [-0.2, -0.15) is 0 Å². The molecule has 0 aliphatic carbocycles. The van der Waals surface area contributed by atoms with Crippen molar-refractivity contribution in [2.45, 2.75) is 150 Å². The number of halogens is 2. The largest absolute Gasteiger partial charge is 0.789 e. The molecule has 0 fully saturated rings. The fourth-order valence-corrected chi connectivity index (χ4v) is 6.84. The maximum absolute atomic E-state index is 7.44. The van der Waals surface area contributed by atoms with E-state index < -0.39 is 18.5 Å². The highest BCUT2D eigenvalue weighted by atomic mass is 35.5. The zero-order valence-electron chi connectivity index (χ0n) is 31.9. The summed E-state index contributed by atoms with van der Waals surface area (Å²) in [6, 6.07) is 21.4. The van der Waals surface area contributed by atoms with Crippen LogP contribution in [0.1, 0.15) is 141 Å². The van der Waals surface area contributed by atoms with Crippen molar-refractivity contribution in [3.05, 3.63) is 93.5 Å². The third-order valence-electron chi connectivity index (χ3n) is 10.7. The van der Waals surface area contributed by atoms with Crippen molar-refractivity contribution < 1.29 is 14.0 Å². The Morgan fingerprint density at radius 2 is 1.10 bits per heavy atom. The van der Waals surface area contributed by atoms with Crippen molar-refractivity contribution >= 4 is 30.5 Å². The molecule has 0 saturated heterocycles. The van der Waals surface area contributed by atoms with Crippen LogP contribution in [0.3, 0.4) is 0 Å². The zero-order valence-corrected chi connectivity index (χ0v) is 33.4. The van der Waals surface area contributed by atoms with Crippen LogP contribution in [0.4, 0.5) is 0 Å². The van der Waals surface area contributed by atoms with Gasteiger partial charge in [0.15, 0.2) is 0 Å². The summed E-state index contributed by atoms with van der Waals surface area (Å²) in [5, 5.41) is 1.20. The van der Waals surface area contributed by atoms with Crippen molar-refractivity contribution in [2.24, 2.45) is 17.1 Å². The van der Waals surface area contributed by atoms with Crippen LogP contribution in [0.2, 0.25) is 10.0 Å². The van der Waals surface area contributed by atoms with Gasteiger partial charge in [-0.1, -0.05) is 190 Å². The summed E-state index contributed by atoms with van der Waals surface area (Å²) >= 11 is 13.0. The third-order valence-corrected chi connectivity index (χ3v) is 11.5. The molecule has 50 heavy (non-hydrogen) atoms. The van der Waals surface area contributed by atoms with E-state index in [1.165, 1.54) is 89.9 Å². The second-order valence-electron chi connectivity index (χ2n) is 15.0. The molecule has 0 heterocycles. The number of benzene rings is 3. The predicted octanol–water partition coefficient (Wildman–Crippen LogP) is 13.5. The van der Waals surface area contributed by atoms with Crippen LogP contribution in [0, 0.1) is 25.2 Å². The van der Waals surface area contributed by atoms with E-state index in [-0.39, 0.29) is 5.92 Å². The molecule has 4 nitrogen and oxygen atoms in total. The van der Waals surface area contributed by atoms with E-state index in [4.69, 9.17) is 42.9 Å². The second-order valence-corrected chi connectivity index (χ2v) is 15.8. The maximum atomic E-state index is 7.44. The average Bonchev–Trinajstić information content (AvgIpc) is 3.08. The predicted molar refractivity (Wildman–Crippen MR) is 215 cm³/mol. The van der Waals surface area contributed by atoms with Crippen LogP contribution in [-0.2, 0) is 11.1 Å². The molecule has 0 aliphatic rings. The second kappa shape index (κ2) is 22.0. The number of aryl methyl sites for hydroxylation is 2. The van der Waals surface area contributed by atoms with Crippen LogP contribution in [0.5, 0.6) is 11.5 Å². The van der Waals surface area contributed by atoms with E-state index in [2.05, 4.69) is 39.8 Å². The van der Waals surface area contributed by atoms with Crippen LogP contribution in [0.25, 0.3) is 0 Å². The Morgan fingerprint density at radius 1 is 0.660 bits per heavy atom. The van der Waals surface area contributed by atoms with Crippen molar-refractivity contribution in [3.63, 3.8) is 0 Å². The average molecular weight is 725 g/mol. The van der Waals surface area contributed by atoms with Gasteiger partial charge in [-0.05, 0) is 60.7 Å². The molecule has 0 radical (unpaired) electrons. The minimum atomic E-state index is -1.16. The fraction of sp³-hybridized carbons (Fsp3) is 0.581. The molecule has 0 amide bonds. The number of hydrogen-bond acceptors (Lipinski definition) is 4. The van der Waals surface area contributed by atoms with Gasteiger partial charge in [0.2, 0.25) is 0 Å². The highest BCUT2D eigenvalue weighted by Crippen LogP contribution is 2.43. The number of nitrogens with two attached hydrogens (primary N) is 1. The van der Waals surface area contributed by atoms with Crippen LogP contribution >= 0.6 is 23.2 Å². The van der Waals surface area contributed by atoms with Crippen molar-refractivity contribution in [1.82, 2.24) is 0 Å². The fourth-order valence-electron chi connectivity index (χ4n) is 6.50. The van der Waals surface area contributed by atoms with Crippen LogP contribution < -0.4 is 15.0 Å². The standard InChI is InChI=1S/C43H64BCl2NO3/c1-7-8-9-10-11-12-13-14-15-16-17-18-19-21-24-36(4)42(5,6)43(47,33-37-25-22-20-23-26-37)50-44(48-38-29-27-34(2)40(45)31-38)49-39-30-28-35(3)41(46)32-39/h20,22-23,25-32,36H,7-19,21,24,33,47H2,1-6H3. The summed E-state index contributed by atoms with van der Waals surface area (Å²) in [6.45, 7) is 12.9. The van der Waals surface area contributed by atoms with Crippen LogP contribution in [-0.4, -0.2) is 13.0 Å². The molecule has 0 saturated carbocycles. The summed E-state index contributed by atoms with van der Waals surface area (Å²) in [5.41, 5.74) is 8.85. The quantitative estimate of drug-likeness (QED) is 0.0537. The summed E-state index contributed by atoms with van der Waals surface area (Å²) in [5.74, 6) is 1.33. The summed E-state index contributed by atoms with van der Waals surface area (Å²) in [6.07, 6.45) is 20.5. The SMILES string of the molecule is CCCCCCCCCCCCCCCCC(C)C(C)(C)C(N)(Cc1ccccc1)OB(Oc1ccc(C)c(Cl)c1)Oc1ccc(C)c(Cl)c1. The molecule has 0 bridgehead atoms. The van der Waals surface area contributed by atoms with Gasteiger partial charge in [-0.25, -0.2) is 0 Å². The van der Waals surface area contributed by atoms with E-state index in [1.54, 1.807) is 12.1 Å². The van der Waals surface area contributed by atoms with Crippen LogP contribution in [0.15, 0.2) is 66.7 Å². The first-order valence-electron chi connectivity index (χ1n) is 19.3. The summed E-state index contributed by atoms with van der Waals surface area (Å²) in [4.78, 5) is 0. The monoisotopic (exact) mass is 723 g/mol. The van der Waals surface area contributed by atoms with E-state index >= 15 is 0 Å². The van der Waals surface area contributed by atoms with E-state index in [9.17, 15) is 0 Å². The van der Waals surface area contributed by atoms with Crippen molar-refractivity contribution in [3.8, 4) is 11.5 Å². The van der Waals surface area contributed by atoms with E-state index in [1.807, 2.05) is 56.3 Å². The normalized spacial score (nSPS) is 13.5. The molecule has 3 aromatic carbocycles. The Kier molecular flexibility index (Phi) is 18.6. The Bertz CT molecular complexity index is 1330. The van der Waals surface area contributed by atoms with Gasteiger partial charge in [-0.15, -0.1) is 0 Å². The smallest absolute Gasteiger partial charge is 0.501 e. The molecule has 3 rings (SSSR count). The van der Waals surface area contributed by atoms with Gasteiger partial charge in [0.25, 0.3) is 0 Å². The molecule has 2 N–H and O–H groups in total. The van der Waals surface area contributed by atoms with E-state index in [0.717, 1.165) is 23.1 Å².